The molecule has 2 aromatic heterocycles. The van der Waals surface area contributed by atoms with E-state index in [4.69, 9.17) is 23.1 Å². The normalized spacial score (nSPS) is 12.0. The first kappa shape index (κ1) is 35.2. The quantitative estimate of drug-likeness (QED) is 0.0978. The number of nitrogens with one attached hydrogen (secondary N) is 1. The van der Waals surface area contributed by atoms with Crippen LogP contribution in [-0.2, 0) is 13.0 Å². The van der Waals surface area contributed by atoms with Crippen molar-refractivity contribution in [3.8, 4) is 11.1 Å². The van der Waals surface area contributed by atoms with Crippen molar-refractivity contribution in [2.75, 3.05) is 37.9 Å². The Morgan fingerprint density at radius 1 is 0.939 bits per heavy atom. The fourth-order valence-corrected chi connectivity index (χ4v) is 6.98. The number of nitrogens with two attached hydrogens (primary N) is 1. The fraction of sp³-hybridized carbons (Fsp3) is 0.179. The molecule has 1 unspecified atom stereocenters. The molecule has 49 heavy (non-hydrogen) atoms. The van der Waals surface area contributed by atoms with Crippen molar-refractivity contribution in [1.29, 1.82) is 0 Å². The van der Waals surface area contributed by atoms with Crippen molar-refractivity contribution in [2.24, 2.45) is 5.73 Å². The number of anilines is 2. The SMILES string of the molecule is Cc1sc2ccc(NC(N)=S)cc2c1CC[N+](C)(Cc1cc(N(C)C)cnn1)c1cccc(-c2ccccc2)c1.O=C(O)c1ccccc1. The van der Waals surface area contributed by atoms with E-state index in [1.54, 1.807) is 30.3 Å². The highest BCUT2D eigenvalue weighted by molar-refractivity contribution is 7.80. The molecule has 0 spiro atoms. The Kier molecular flexibility index (Phi) is 11.4. The Balaban J connectivity index is 0.000000452. The van der Waals surface area contributed by atoms with Crippen LogP contribution in [0.3, 0.4) is 0 Å². The number of hydrogen-bond acceptors (Lipinski definition) is 6. The highest BCUT2D eigenvalue weighted by atomic mass is 32.1. The van der Waals surface area contributed by atoms with Gasteiger partial charge in [0.15, 0.2) is 5.11 Å². The van der Waals surface area contributed by atoms with Gasteiger partial charge in [0.2, 0.25) is 0 Å². The summed E-state index contributed by atoms with van der Waals surface area (Å²) in [5.74, 6) is -0.879. The van der Waals surface area contributed by atoms with Crippen molar-refractivity contribution in [2.45, 2.75) is 19.9 Å². The molecule has 250 valence electrons. The number of thiocarbonyl (C=S) groups is 1. The first-order valence-electron chi connectivity index (χ1n) is 15.9. The zero-order valence-corrected chi connectivity index (χ0v) is 29.8. The average molecular weight is 690 g/mol. The number of carbonyl (C=O) groups is 1. The van der Waals surface area contributed by atoms with Crippen molar-refractivity contribution in [3.05, 3.63) is 137 Å². The van der Waals surface area contributed by atoms with Crippen LogP contribution in [-0.4, -0.2) is 54.1 Å². The Bertz CT molecular complexity index is 2050. The number of carboxylic acids is 1. The second-order valence-electron chi connectivity index (χ2n) is 12.3. The second kappa shape index (κ2) is 15.8. The minimum Gasteiger partial charge on any atom is -0.478 e. The van der Waals surface area contributed by atoms with Gasteiger partial charge in [-0.3, -0.25) is 4.48 Å². The molecule has 8 nitrogen and oxygen atoms in total. The Hall–Kier alpha value is -5.16. The van der Waals surface area contributed by atoms with Crippen LogP contribution >= 0.6 is 23.6 Å². The largest absolute Gasteiger partial charge is 0.478 e. The van der Waals surface area contributed by atoms with Crippen LogP contribution in [0.4, 0.5) is 17.1 Å². The Morgan fingerprint density at radius 2 is 1.63 bits per heavy atom. The van der Waals surface area contributed by atoms with Gasteiger partial charge in [-0.2, -0.15) is 5.10 Å². The molecule has 0 saturated heterocycles. The lowest BCUT2D eigenvalue weighted by molar-refractivity contribution is 0.0697. The van der Waals surface area contributed by atoms with Gasteiger partial charge in [0.05, 0.1) is 31.0 Å². The summed E-state index contributed by atoms with van der Waals surface area (Å²) in [5.41, 5.74) is 14.0. The van der Waals surface area contributed by atoms with Gasteiger partial charge >= 0.3 is 5.97 Å². The van der Waals surface area contributed by atoms with Crippen LogP contribution in [0.5, 0.6) is 0 Å². The van der Waals surface area contributed by atoms with Crippen molar-refractivity contribution in [3.63, 3.8) is 0 Å². The lowest BCUT2D eigenvalue weighted by atomic mass is 10.0. The number of carboxylic acid groups (broad SMARTS) is 1. The van der Waals surface area contributed by atoms with Crippen LogP contribution in [0.25, 0.3) is 21.2 Å². The number of hydrogen-bond donors (Lipinski definition) is 3. The maximum Gasteiger partial charge on any atom is 0.335 e. The number of aryl methyl sites for hydroxylation is 1. The van der Waals surface area contributed by atoms with Crippen LogP contribution in [0.1, 0.15) is 26.5 Å². The fourth-order valence-electron chi connectivity index (χ4n) is 5.77. The summed E-state index contributed by atoms with van der Waals surface area (Å²) in [4.78, 5) is 13.6. The third kappa shape index (κ3) is 9.05. The maximum atomic E-state index is 10.2. The molecule has 0 fully saturated rings. The number of aromatic carboxylic acids is 1. The number of quaternary nitrogens is 1. The minimum absolute atomic E-state index is 0.274. The first-order valence-corrected chi connectivity index (χ1v) is 17.1. The van der Waals surface area contributed by atoms with Gasteiger partial charge in [0.1, 0.15) is 17.9 Å². The van der Waals surface area contributed by atoms with Crippen LogP contribution in [0.15, 0.2) is 115 Å². The molecule has 2 heterocycles. The molecule has 0 aliphatic carbocycles. The van der Waals surface area contributed by atoms with E-state index < -0.39 is 5.97 Å². The predicted octanol–water partition coefficient (Wildman–Crippen LogP) is 8.15. The first-order chi connectivity index (χ1) is 23.5. The maximum absolute atomic E-state index is 10.2. The van der Waals surface area contributed by atoms with Gasteiger partial charge in [-0.05, 0) is 83.7 Å². The van der Waals surface area contributed by atoms with Gasteiger partial charge in [-0.25, -0.2) is 4.79 Å². The van der Waals surface area contributed by atoms with Crippen molar-refractivity contribution in [1.82, 2.24) is 14.7 Å². The molecule has 0 aliphatic heterocycles. The summed E-state index contributed by atoms with van der Waals surface area (Å²) in [6.07, 6.45) is 2.72. The number of thiophene rings is 1. The summed E-state index contributed by atoms with van der Waals surface area (Å²) >= 11 is 6.91. The molecular weight excluding hydrogens is 649 g/mol. The zero-order valence-electron chi connectivity index (χ0n) is 28.1. The van der Waals surface area contributed by atoms with Gasteiger partial charge in [-0.15, -0.1) is 16.4 Å². The van der Waals surface area contributed by atoms with Crippen LogP contribution in [0.2, 0.25) is 0 Å². The van der Waals surface area contributed by atoms with E-state index in [0.29, 0.717) is 10.0 Å². The molecule has 0 radical (unpaired) electrons. The van der Waals surface area contributed by atoms with E-state index in [1.165, 1.54) is 37.3 Å². The molecule has 0 saturated carbocycles. The van der Waals surface area contributed by atoms with Crippen molar-refractivity contribution < 1.29 is 9.90 Å². The van der Waals surface area contributed by atoms with E-state index in [2.05, 4.69) is 107 Å². The highest BCUT2D eigenvalue weighted by Gasteiger charge is 2.28. The molecule has 1 atom stereocenters. The number of likely N-dealkylation sites (N-methyl/N-ethyl adjacent to an activating group) is 1. The van der Waals surface area contributed by atoms with E-state index in [-0.39, 0.29) is 5.11 Å². The molecule has 6 rings (SSSR count). The standard InChI is InChI=1S/C32H34N6S2.C7H6O2/c1-22-29(30-19-25(35-32(33)39)13-14-31(30)40-22)15-16-38(4,21-26-18-27(37(2)3)20-34-36-26)28-12-8-11-24(17-28)23-9-6-5-7-10-23;8-7(9)6-4-2-1-3-5-6/h5-14,17-20H,15-16,21H2,1-4H3,(H2-,33,35,39);1-5H,(H,8,9)/p+1. The molecular formula is C39H41N6O2S2+. The number of nitrogens with zero attached hydrogens (tertiary/aromatic N) is 4. The number of benzene rings is 4. The summed E-state index contributed by atoms with van der Waals surface area (Å²) in [6, 6.07) is 36.2. The van der Waals surface area contributed by atoms with Gasteiger partial charge in [0.25, 0.3) is 0 Å². The molecule has 0 amide bonds. The summed E-state index contributed by atoms with van der Waals surface area (Å²) in [7, 11) is 6.37. The minimum atomic E-state index is -0.879. The molecule has 4 aromatic carbocycles. The Morgan fingerprint density at radius 3 is 2.29 bits per heavy atom. The van der Waals surface area contributed by atoms with E-state index in [9.17, 15) is 4.79 Å². The zero-order chi connectivity index (χ0) is 35.0. The molecule has 0 aliphatic rings. The average Bonchev–Trinajstić information content (AvgIpc) is 3.42. The smallest absolute Gasteiger partial charge is 0.335 e. The third-order valence-corrected chi connectivity index (χ3v) is 9.66. The summed E-state index contributed by atoms with van der Waals surface area (Å²) in [6.45, 7) is 3.83. The number of fused-ring (bicyclic) bond motifs is 1. The molecule has 10 heteroatoms. The lowest BCUT2D eigenvalue weighted by Gasteiger charge is -2.34. The topological polar surface area (TPSA) is 104 Å². The number of aromatic nitrogens is 2. The van der Waals surface area contributed by atoms with Crippen LogP contribution in [0, 0.1) is 6.92 Å². The van der Waals surface area contributed by atoms with E-state index >= 15 is 0 Å². The third-order valence-electron chi connectivity index (χ3n) is 8.43. The van der Waals surface area contributed by atoms with E-state index in [0.717, 1.165) is 36.6 Å². The van der Waals surface area contributed by atoms with Gasteiger partial charge < -0.3 is 21.1 Å². The number of rotatable bonds is 10. The second-order valence-corrected chi connectivity index (χ2v) is 13.9. The molecule has 6 aromatic rings. The van der Waals surface area contributed by atoms with Gasteiger partial charge in [-0.1, -0.05) is 60.7 Å². The summed E-state index contributed by atoms with van der Waals surface area (Å²) < 4.78 is 1.96. The highest BCUT2D eigenvalue weighted by Crippen LogP contribution is 2.35. The predicted molar refractivity (Wildman–Crippen MR) is 209 cm³/mol. The van der Waals surface area contributed by atoms with Crippen LogP contribution < -0.4 is 20.4 Å². The van der Waals surface area contributed by atoms with Gasteiger partial charge in [0, 0.05) is 41.8 Å². The Labute approximate surface area is 297 Å². The molecule has 0 bridgehead atoms. The van der Waals surface area contributed by atoms with E-state index in [1.807, 2.05) is 37.7 Å². The monoisotopic (exact) mass is 689 g/mol. The molecule has 4 N–H and O–H groups in total. The lowest BCUT2D eigenvalue weighted by Crippen LogP contribution is -2.46. The summed E-state index contributed by atoms with van der Waals surface area (Å²) in [5, 5.41) is 21.9. The van der Waals surface area contributed by atoms with Crippen molar-refractivity contribution >= 4 is 61.8 Å².